The molecule has 0 aliphatic carbocycles. The first-order valence-corrected chi connectivity index (χ1v) is 38.2. The summed E-state index contributed by atoms with van der Waals surface area (Å²) in [6.45, 7) is 53.1. The van der Waals surface area contributed by atoms with E-state index in [9.17, 15) is 15.3 Å². The molecule has 3 aliphatic rings. The van der Waals surface area contributed by atoms with E-state index in [1.54, 1.807) is 0 Å². The van der Waals surface area contributed by atoms with Gasteiger partial charge in [0.15, 0.2) is 0 Å². The molecule has 3 aromatic carbocycles. The highest BCUT2D eigenvalue weighted by molar-refractivity contribution is 5.73. The van der Waals surface area contributed by atoms with Crippen LogP contribution in [0.15, 0.2) is 18.2 Å². The van der Waals surface area contributed by atoms with Gasteiger partial charge in [0.05, 0.1) is 0 Å². The Morgan fingerprint density at radius 3 is 0.645 bits per heavy atom. The van der Waals surface area contributed by atoms with Crippen LogP contribution in [0.4, 0.5) is 0 Å². The molecule has 0 saturated heterocycles. The monoisotopic (exact) mass is 1290 g/mol. The number of benzene rings is 3. The maximum atomic E-state index is 10.4. The zero-order valence-corrected chi connectivity index (χ0v) is 64.8. The molecule has 0 fully saturated rings. The van der Waals surface area contributed by atoms with Gasteiger partial charge in [-0.15, -0.1) is 0 Å². The highest BCUT2D eigenvalue weighted by atomic mass is 16.5. The van der Waals surface area contributed by atoms with Gasteiger partial charge in [0.1, 0.15) is 51.3 Å². The zero-order valence-electron chi connectivity index (χ0n) is 64.8. The third-order valence-electron chi connectivity index (χ3n) is 22.3. The van der Waals surface area contributed by atoms with Crippen molar-refractivity contribution in [1.29, 1.82) is 0 Å². The number of aromatic hydroxyl groups is 3. The third kappa shape index (κ3) is 25.9. The van der Waals surface area contributed by atoms with Crippen LogP contribution >= 0.6 is 0 Å². The topological polar surface area (TPSA) is 88.4 Å². The van der Waals surface area contributed by atoms with Crippen LogP contribution in [0.5, 0.6) is 34.5 Å². The molecule has 1 unspecified atom stereocenters. The summed E-state index contributed by atoms with van der Waals surface area (Å²) < 4.78 is 19.6. The SMILES string of the molecule is Cc1c(C)c2c(c(C)c1O)C=CC(C)(CCC[C@H](C)CCC[C@H](C)CCCC(C)C)O2.Cc1c(C)c2c(c(C)c1O)C=C[C@@](C)(CCC[C@H](C)CCC[C@H](C)CCCC(C)C)O2.Cc1c(C)c2c(c(C)c1O)C=C[C@](C)(CCC[C@H](C)CCC[C@H](C)CCCC(C)C)O2. The number of fused-ring (bicyclic) bond motifs is 3. The number of ether oxygens (including phenoxy) is 3. The van der Waals surface area contributed by atoms with Crippen LogP contribution < -0.4 is 14.2 Å². The summed E-state index contributed by atoms with van der Waals surface area (Å²) in [6.07, 6.45) is 48.3. The van der Waals surface area contributed by atoms with Crippen LogP contribution in [-0.2, 0) is 0 Å². The van der Waals surface area contributed by atoms with E-state index in [2.05, 4.69) is 161 Å². The minimum Gasteiger partial charge on any atom is -0.507 e. The van der Waals surface area contributed by atoms with E-state index in [0.29, 0.717) is 17.2 Å². The van der Waals surface area contributed by atoms with E-state index in [-0.39, 0.29) is 16.8 Å². The quantitative estimate of drug-likeness (QED) is 0.0538. The second kappa shape index (κ2) is 38.6. The molecule has 0 radical (unpaired) electrons. The van der Waals surface area contributed by atoms with Crippen molar-refractivity contribution in [1.82, 2.24) is 0 Å². The molecular weight excluding hydrogens is 1140 g/mol. The van der Waals surface area contributed by atoms with Gasteiger partial charge in [-0.3, -0.25) is 0 Å². The van der Waals surface area contributed by atoms with Gasteiger partial charge in [0.25, 0.3) is 0 Å². The molecular formula is C87H144O6. The summed E-state index contributed by atoms with van der Waals surface area (Å²) >= 11 is 0. The predicted octanol–water partition coefficient (Wildman–Crippen LogP) is 26.8. The minimum atomic E-state index is -0.252. The number of hydrogen-bond donors (Lipinski definition) is 3. The van der Waals surface area contributed by atoms with Gasteiger partial charge in [0, 0.05) is 33.4 Å². The van der Waals surface area contributed by atoms with Gasteiger partial charge in [-0.2, -0.15) is 0 Å². The molecule has 0 bridgehead atoms. The van der Waals surface area contributed by atoms with Crippen LogP contribution in [0, 0.1) is 116 Å². The largest absolute Gasteiger partial charge is 0.507 e. The lowest BCUT2D eigenvalue weighted by molar-refractivity contribution is 0.120. The van der Waals surface area contributed by atoms with Crippen molar-refractivity contribution in [2.24, 2.45) is 53.3 Å². The molecule has 6 nitrogen and oxygen atoms in total. The molecule has 0 amide bonds. The molecule has 6 rings (SSSR count). The standard InChI is InChI=1S/3C29H48O2/c3*1-20(2)12-9-13-21(3)14-10-15-22(4)16-11-18-29(8)19-17-26-25(7)27(30)23(5)24(6)28(26)31-29/h3*17,19-22,30H,9-16,18H2,1-8H3/t21-,22-,29?;21-,22-,29+;21-,22-,29-/m111/s1. The lowest BCUT2D eigenvalue weighted by Gasteiger charge is -2.34. The molecule has 3 heterocycles. The molecule has 6 heteroatoms. The molecule has 3 N–H and O–H groups in total. The summed E-state index contributed by atoms with van der Waals surface area (Å²) in [5.74, 6) is 11.6. The first-order chi connectivity index (χ1) is 43.6. The van der Waals surface area contributed by atoms with Crippen molar-refractivity contribution in [2.75, 3.05) is 0 Å². The second-order valence-electron chi connectivity index (χ2n) is 33.2. The van der Waals surface area contributed by atoms with Crippen LogP contribution in [0.3, 0.4) is 0 Å². The Bertz CT molecular complexity index is 2540. The lowest BCUT2D eigenvalue weighted by atomic mass is 9.88. The Morgan fingerprint density at radius 2 is 0.452 bits per heavy atom. The Balaban J connectivity index is 0.000000297. The van der Waals surface area contributed by atoms with Crippen molar-refractivity contribution in [3.05, 3.63) is 85.0 Å². The fraction of sp³-hybridized carbons (Fsp3) is 0.724. The molecule has 93 heavy (non-hydrogen) atoms. The molecule has 0 spiro atoms. The van der Waals surface area contributed by atoms with Crippen LogP contribution in [0.1, 0.15) is 344 Å². The lowest BCUT2D eigenvalue weighted by Crippen LogP contribution is -2.32. The Kier molecular flexibility index (Phi) is 33.6. The highest BCUT2D eigenvalue weighted by Crippen LogP contribution is 2.47. The molecule has 0 aromatic heterocycles. The van der Waals surface area contributed by atoms with Crippen molar-refractivity contribution in [3.63, 3.8) is 0 Å². The predicted molar refractivity (Wildman–Crippen MR) is 405 cm³/mol. The Hall–Kier alpha value is -4.32. The van der Waals surface area contributed by atoms with E-state index < -0.39 is 0 Å². The van der Waals surface area contributed by atoms with Gasteiger partial charge in [-0.05, 0) is 226 Å². The minimum absolute atomic E-state index is 0.252. The van der Waals surface area contributed by atoms with Crippen LogP contribution in [0.2, 0.25) is 0 Å². The highest BCUT2D eigenvalue weighted by Gasteiger charge is 2.34. The van der Waals surface area contributed by atoms with Crippen molar-refractivity contribution >= 4 is 18.2 Å². The third-order valence-corrected chi connectivity index (χ3v) is 22.3. The van der Waals surface area contributed by atoms with E-state index in [4.69, 9.17) is 14.2 Å². The average Bonchev–Trinajstić information content (AvgIpc) is 0.785. The average molecular weight is 1290 g/mol. The molecule has 9 atom stereocenters. The Morgan fingerprint density at radius 1 is 0.269 bits per heavy atom. The van der Waals surface area contributed by atoms with Crippen LogP contribution in [0.25, 0.3) is 18.2 Å². The fourth-order valence-electron chi connectivity index (χ4n) is 14.7. The van der Waals surface area contributed by atoms with E-state index >= 15 is 0 Å². The molecule has 528 valence electrons. The van der Waals surface area contributed by atoms with Gasteiger partial charge in [-0.1, -0.05) is 236 Å². The van der Waals surface area contributed by atoms with Crippen molar-refractivity contribution in [2.45, 2.75) is 356 Å². The Labute approximate surface area is 573 Å². The number of rotatable bonds is 36. The molecule has 3 aliphatic heterocycles. The first kappa shape index (κ1) is 81.1. The van der Waals surface area contributed by atoms with E-state index in [1.807, 2.05) is 41.5 Å². The van der Waals surface area contributed by atoms with Crippen LogP contribution in [-0.4, -0.2) is 32.1 Å². The number of phenolic OH excluding ortho intramolecular Hbond substituents is 3. The summed E-state index contributed by atoms with van der Waals surface area (Å²) in [7, 11) is 0. The maximum Gasteiger partial charge on any atom is 0.131 e. The maximum absolute atomic E-state index is 10.4. The van der Waals surface area contributed by atoms with Gasteiger partial charge >= 0.3 is 0 Å². The van der Waals surface area contributed by atoms with Gasteiger partial charge in [-0.25, -0.2) is 0 Å². The molecule has 3 aromatic rings. The van der Waals surface area contributed by atoms with E-state index in [0.717, 1.165) is 157 Å². The smallest absolute Gasteiger partial charge is 0.131 e. The number of phenols is 3. The normalized spacial score (nSPS) is 19.9. The summed E-state index contributed by atoms with van der Waals surface area (Å²) in [5.41, 5.74) is 11.1. The molecule has 0 saturated carbocycles. The van der Waals surface area contributed by atoms with Crippen molar-refractivity contribution in [3.8, 4) is 34.5 Å². The van der Waals surface area contributed by atoms with Crippen molar-refractivity contribution < 1.29 is 29.5 Å². The summed E-state index contributed by atoms with van der Waals surface area (Å²) in [5, 5.41) is 31.1. The second-order valence-corrected chi connectivity index (χ2v) is 33.2. The van der Waals surface area contributed by atoms with E-state index in [1.165, 1.54) is 154 Å². The number of hydrogen-bond acceptors (Lipinski definition) is 6. The van der Waals surface area contributed by atoms with Gasteiger partial charge < -0.3 is 29.5 Å². The first-order valence-electron chi connectivity index (χ1n) is 38.2. The zero-order chi connectivity index (χ0) is 69.5. The summed E-state index contributed by atoms with van der Waals surface area (Å²) in [6, 6.07) is 0. The van der Waals surface area contributed by atoms with Gasteiger partial charge in [0.2, 0.25) is 0 Å². The summed E-state index contributed by atoms with van der Waals surface area (Å²) in [4.78, 5) is 0. The fourth-order valence-corrected chi connectivity index (χ4v) is 14.7.